The highest BCUT2D eigenvalue weighted by molar-refractivity contribution is 8.01. The van der Waals surface area contributed by atoms with Crippen molar-refractivity contribution in [2.45, 2.75) is 73.7 Å². The highest BCUT2D eigenvalue weighted by Crippen LogP contribution is 2.48. The zero-order valence-corrected chi connectivity index (χ0v) is 23.3. The molecule has 7 heteroatoms. The van der Waals surface area contributed by atoms with Gasteiger partial charge in [0.25, 0.3) is 0 Å². The summed E-state index contributed by atoms with van der Waals surface area (Å²) in [6, 6.07) is 11.4. The Labute approximate surface area is 216 Å². The smallest absolute Gasteiger partial charge is 0.319 e. The topological polar surface area (TPSA) is 40.5 Å². The summed E-state index contributed by atoms with van der Waals surface area (Å²) >= 11 is 5.07. The molecule has 0 amide bonds. The van der Waals surface area contributed by atoms with Crippen LogP contribution >= 0.6 is 35.3 Å². The molecule has 186 valence electrons. The number of unbranched alkanes of at least 4 members (excludes halogenated alkanes) is 1. The van der Waals surface area contributed by atoms with E-state index in [1.807, 2.05) is 23.9 Å². The van der Waals surface area contributed by atoms with Crippen molar-refractivity contribution in [2.24, 2.45) is 5.41 Å². The Hall–Kier alpha value is -1.31. The van der Waals surface area contributed by atoms with Crippen molar-refractivity contribution in [3.05, 3.63) is 47.8 Å². The Kier molecular flexibility index (Phi) is 9.32. The lowest BCUT2D eigenvalue weighted by molar-refractivity contribution is -0.138. The molecule has 0 radical (unpaired) electrons. The number of carboxylic acids is 1. The van der Waals surface area contributed by atoms with Crippen molar-refractivity contribution >= 4 is 52.6 Å². The number of anilines is 2. The van der Waals surface area contributed by atoms with Gasteiger partial charge in [0.05, 0.1) is 5.69 Å². The van der Waals surface area contributed by atoms with E-state index in [0.29, 0.717) is 5.75 Å². The van der Waals surface area contributed by atoms with Gasteiger partial charge in [-0.25, -0.2) is 4.39 Å². The number of hydrogen-bond acceptors (Lipinski definition) is 5. The van der Waals surface area contributed by atoms with Gasteiger partial charge >= 0.3 is 5.97 Å². The molecule has 1 aliphatic heterocycles. The number of benzene rings is 2. The molecule has 3 rings (SSSR count). The van der Waals surface area contributed by atoms with Crippen LogP contribution in [-0.2, 0) is 10.5 Å². The summed E-state index contributed by atoms with van der Waals surface area (Å²) in [4.78, 5) is 16.4. The van der Waals surface area contributed by atoms with Gasteiger partial charge in [0.15, 0.2) is 0 Å². The number of thioether (sulfide) groups is 3. The number of nitrogens with zero attached hydrogens (tertiary/aromatic N) is 1. The second-order valence-electron chi connectivity index (χ2n) is 9.54. The Morgan fingerprint density at radius 1 is 1.24 bits per heavy atom. The minimum atomic E-state index is -0.840. The Bertz CT molecular complexity index is 996. The molecule has 1 unspecified atom stereocenters. The van der Waals surface area contributed by atoms with E-state index < -0.39 is 10.7 Å². The molecule has 0 aliphatic carbocycles. The molecule has 1 N–H and O–H groups in total. The lowest BCUT2D eigenvalue weighted by Crippen LogP contribution is -2.36. The molecule has 0 fully saturated rings. The van der Waals surface area contributed by atoms with Crippen LogP contribution < -0.4 is 4.90 Å². The average Bonchev–Trinajstić information content (AvgIpc) is 2.98. The Morgan fingerprint density at radius 2 is 1.94 bits per heavy atom. The van der Waals surface area contributed by atoms with Crippen LogP contribution in [0.2, 0.25) is 0 Å². The van der Waals surface area contributed by atoms with E-state index >= 15 is 0 Å². The van der Waals surface area contributed by atoms with Crippen molar-refractivity contribution in [1.82, 2.24) is 0 Å². The number of carboxylic acid groups (broad SMARTS) is 1. The summed E-state index contributed by atoms with van der Waals surface area (Å²) in [5, 5.41) is 9.55. The van der Waals surface area contributed by atoms with Crippen molar-refractivity contribution in [3.8, 4) is 0 Å². The lowest BCUT2D eigenvalue weighted by atomic mass is 9.81. The van der Waals surface area contributed by atoms with Crippen LogP contribution in [0.4, 0.5) is 15.8 Å². The van der Waals surface area contributed by atoms with Crippen molar-refractivity contribution in [1.29, 1.82) is 0 Å². The summed E-state index contributed by atoms with van der Waals surface area (Å²) in [5.74, 6) is 0.673. The fraction of sp³-hybridized carbons (Fsp3) is 0.519. The van der Waals surface area contributed by atoms with E-state index in [4.69, 9.17) is 0 Å². The van der Waals surface area contributed by atoms with Gasteiger partial charge in [-0.15, -0.1) is 35.3 Å². The molecular formula is C27H36FNO2S3. The molecule has 0 aromatic heterocycles. The van der Waals surface area contributed by atoms with E-state index in [0.717, 1.165) is 29.3 Å². The maximum atomic E-state index is 13.8. The van der Waals surface area contributed by atoms with Gasteiger partial charge < -0.3 is 10.0 Å². The van der Waals surface area contributed by atoms with Gasteiger partial charge in [-0.1, -0.05) is 26.7 Å². The normalized spacial score (nSPS) is 18.5. The molecule has 1 atom stereocenters. The number of rotatable bonds is 10. The number of halogens is 1. The van der Waals surface area contributed by atoms with Gasteiger partial charge in [-0.3, -0.25) is 4.79 Å². The van der Waals surface area contributed by atoms with Crippen LogP contribution in [0.3, 0.4) is 0 Å². The number of carbonyl (C=O) groups is 1. The van der Waals surface area contributed by atoms with Crippen molar-refractivity contribution < 1.29 is 14.3 Å². The first-order valence-electron chi connectivity index (χ1n) is 11.9. The van der Waals surface area contributed by atoms with Gasteiger partial charge in [0.2, 0.25) is 0 Å². The predicted molar refractivity (Wildman–Crippen MR) is 148 cm³/mol. The van der Waals surface area contributed by atoms with E-state index in [1.54, 1.807) is 37.7 Å². The summed E-state index contributed by atoms with van der Waals surface area (Å²) in [6.07, 6.45) is 6.71. The maximum absolute atomic E-state index is 13.8. The standard InChI is InChI=1S/C27H36FNO2S3/c1-6-8-13-27(7-2)17-29(21-11-9-20(28)10-12-21)22-15-23(32-5)19(14-24(22)33-18-27)16-34-26(3,4)25(30)31/h9-12,14-15H,6-8,13,16-18H2,1-5H3,(H,30,31). The maximum Gasteiger partial charge on any atom is 0.319 e. The van der Waals surface area contributed by atoms with E-state index in [9.17, 15) is 14.3 Å². The lowest BCUT2D eigenvalue weighted by Gasteiger charge is -2.37. The van der Waals surface area contributed by atoms with Gasteiger partial charge in [-0.2, -0.15) is 0 Å². The molecule has 34 heavy (non-hydrogen) atoms. The third kappa shape index (κ3) is 6.27. The van der Waals surface area contributed by atoms with Crippen LogP contribution in [0, 0.1) is 11.2 Å². The monoisotopic (exact) mass is 521 g/mol. The summed E-state index contributed by atoms with van der Waals surface area (Å²) < 4.78 is 12.9. The quantitative estimate of drug-likeness (QED) is 0.316. The highest BCUT2D eigenvalue weighted by atomic mass is 32.2. The van der Waals surface area contributed by atoms with Crippen LogP contribution in [0.5, 0.6) is 0 Å². The Balaban J connectivity index is 2.06. The van der Waals surface area contributed by atoms with Crippen molar-refractivity contribution in [2.75, 3.05) is 23.5 Å². The SMILES string of the molecule is CCCCC1(CC)CSc2cc(CSC(C)(C)C(=O)O)c(SC)cc2N(c2ccc(F)cc2)C1. The first kappa shape index (κ1) is 27.3. The molecule has 1 aliphatic rings. The molecule has 0 spiro atoms. The predicted octanol–water partition coefficient (Wildman–Crippen LogP) is 8.47. The first-order valence-corrected chi connectivity index (χ1v) is 15.1. The molecule has 3 nitrogen and oxygen atoms in total. The molecule has 0 bridgehead atoms. The zero-order chi connectivity index (χ0) is 24.9. The minimum absolute atomic E-state index is 0.174. The molecule has 2 aromatic carbocycles. The molecule has 0 saturated heterocycles. The van der Waals surface area contributed by atoms with Crippen molar-refractivity contribution in [3.63, 3.8) is 0 Å². The largest absolute Gasteiger partial charge is 0.480 e. The van der Waals surface area contributed by atoms with Crippen LogP contribution in [0.15, 0.2) is 46.2 Å². The second-order valence-corrected chi connectivity index (χ2v) is 13.0. The highest BCUT2D eigenvalue weighted by Gasteiger charge is 2.35. The number of hydrogen-bond donors (Lipinski definition) is 1. The fourth-order valence-electron chi connectivity index (χ4n) is 4.18. The molecular weight excluding hydrogens is 486 g/mol. The fourth-order valence-corrected chi connectivity index (χ4v) is 7.22. The van der Waals surface area contributed by atoms with E-state index in [1.165, 1.54) is 47.2 Å². The van der Waals surface area contributed by atoms with Crippen LogP contribution in [0.25, 0.3) is 0 Å². The summed E-state index contributed by atoms with van der Waals surface area (Å²) in [7, 11) is 0. The average molecular weight is 522 g/mol. The molecule has 0 saturated carbocycles. The van der Waals surface area contributed by atoms with E-state index in [2.05, 4.69) is 37.1 Å². The summed E-state index contributed by atoms with van der Waals surface area (Å²) in [6.45, 7) is 8.96. The molecule has 2 aromatic rings. The van der Waals surface area contributed by atoms with E-state index in [-0.39, 0.29) is 11.2 Å². The zero-order valence-electron chi connectivity index (χ0n) is 20.8. The summed E-state index contributed by atoms with van der Waals surface area (Å²) in [5.41, 5.74) is 3.53. The van der Waals surface area contributed by atoms with Gasteiger partial charge in [-0.05, 0) is 80.3 Å². The number of aliphatic carboxylic acids is 1. The van der Waals surface area contributed by atoms with Crippen LogP contribution in [0.1, 0.15) is 58.9 Å². The third-order valence-corrected chi connectivity index (χ3v) is 10.3. The Morgan fingerprint density at radius 3 is 2.53 bits per heavy atom. The number of fused-ring (bicyclic) bond motifs is 1. The second kappa shape index (κ2) is 11.6. The third-order valence-electron chi connectivity index (χ3n) is 6.73. The minimum Gasteiger partial charge on any atom is -0.480 e. The van der Waals surface area contributed by atoms with Crippen LogP contribution in [-0.4, -0.2) is 34.4 Å². The van der Waals surface area contributed by atoms with Gasteiger partial charge in [0, 0.05) is 33.5 Å². The first-order chi connectivity index (χ1) is 16.1. The molecule has 1 heterocycles. The van der Waals surface area contributed by atoms with Gasteiger partial charge in [0.1, 0.15) is 10.6 Å².